The molecule has 1 aliphatic heterocycles. The topological polar surface area (TPSA) is 176 Å². The maximum atomic E-state index is 11.8. The third-order valence-electron chi connectivity index (χ3n) is 4.17. The summed E-state index contributed by atoms with van der Waals surface area (Å²) in [5.41, 5.74) is 6.61. The monoisotopic (exact) mass is 434 g/mol. The molecule has 1 heterocycles. The van der Waals surface area contributed by atoms with Crippen molar-refractivity contribution in [1.82, 2.24) is 21.0 Å². The van der Waals surface area contributed by atoms with E-state index in [1.165, 1.54) is 0 Å². The smallest absolute Gasteiger partial charge is 0.432 e. The lowest BCUT2D eigenvalue weighted by Gasteiger charge is -2.13. The van der Waals surface area contributed by atoms with E-state index in [0.717, 1.165) is 17.5 Å². The molecule has 0 aliphatic carbocycles. The zero-order chi connectivity index (χ0) is 22.6. The average molecular weight is 434 g/mol. The van der Waals surface area contributed by atoms with Crippen molar-refractivity contribution in [3.63, 3.8) is 0 Å². The van der Waals surface area contributed by atoms with Crippen LogP contribution >= 0.6 is 0 Å². The number of hydrogen-bond acceptors (Lipinski definition) is 7. The number of alkyl carbamates (subject to hydrolysis) is 1. The number of imide groups is 1. The van der Waals surface area contributed by atoms with Crippen LogP contribution in [0.5, 0.6) is 0 Å². The number of nitrogens with two attached hydrogens (primary N) is 1. The Balaban J connectivity index is 1.66. The largest absolute Gasteiger partial charge is 0.445 e. The molecule has 1 aromatic carbocycles. The molecule has 12 heteroatoms. The summed E-state index contributed by atoms with van der Waals surface area (Å²) in [6, 6.07) is 7.01. The minimum absolute atomic E-state index is 0.0266. The second-order valence-corrected chi connectivity index (χ2v) is 6.68. The first kappa shape index (κ1) is 23.4. The van der Waals surface area contributed by atoms with Crippen molar-refractivity contribution in [3.05, 3.63) is 35.4 Å². The van der Waals surface area contributed by atoms with Crippen LogP contribution in [-0.4, -0.2) is 48.1 Å². The first-order chi connectivity index (χ1) is 14.8. The molecule has 0 saturated carbocycles. The number of rotatable bonds is 10. The summed E-state index contributed by atoms with van der Waals surface area (Å²) in [4.78, 5) is 51.1. The number of hydroxylamine groups is 2. The predicted octanol–water partition coefficient (Wildman–Crippen LogP) is 0.466. The number of amides is 4. The minimum Gasteiger partial charge on any atom is -0.445 e. The zero-order valence-corrected chi connectivity index (χ0v) is 16.9. The summed E-state index contributed by atoms with van der Waals surface area (Å²) in [5.74, 6) is -1.19. The zero-order valence-electron chi connectivity index (χ0n) is 16.9. The van der Waals surface area contributed by atoms with Gasteiger partial charge in [0.25, 0.3) is 11.8 Å². The maximum Gasteiger partial charge on any atom is 0.432 e. The van der Waals surface area contributed by atoms with Gasteiger partial charge in [-0.2, -0.15) is 0 Å². The fraction of sp³-hybridized carbons (Fsp3) is 0.421. The summed E-state index contributed by atoms with van der Waals surface area (Å²) in [6.07, 6.45) is 0.0470. The molecule has 1 fully saturated rings. The van der Waals surface area contributed by atoms with Gasteiger partial charge in [-0.25, -0.2) is 9.59 Å². The van der Waals surface area contributed by atoms with E-state index in [4.69, 9.17) is 20.7 Å². The van der Waals surface area contributed by atoms with Gasteiger partial charge in [0.15, 0.2) is 5.96 Å². The van der Waals surface area contributed by atoms with Crippen LogP contribution in [0.25, 0.3) is 0 Å². The lowest BCUT2D eigenvalue weighted by molar-refractivity contribution is -0.171. The number of benzene rings is 1. The van der Waals surface area contributed by atoms with E-state index >= 15 is 0 Å². The highest BCUT2D eigenvalue weighted by molar-refractivity contribution is 6.01. The second-order valence-electron chi connectivity index (χ2n) is 6.68. The third-order valence-corrected chi connectivity index (χ3v) is 4.17. The van der Waals surface area contributed by atoms with Gasteiger partial charge >= 0.3 is 12.2 Å². The van der Waals surface area contributed by atoms with Gasteiger partial charge in [0.1, 0.15) is 6.61 Å². The summed E-state index contributed by atoms with van der Waals surface area (Å²) in [6.45, 7) is 1.15. The van der Waals surface area contributed by atoms with Crippen LogP contribution in [0.2, 0.25) is 0 Å². The molecule has 1 aromatic rings. The number of nitrogens with one attached hydrogen (secondary N) is 4. The highest BCUT2D eigenvalue weighted by Gasteiger charge is 2.32. The lowest BCUT2D eigenvalue weighted by Crippen LogP contribution is -2.36. The Hall–Kier alpha value is -3.83. The fourth-order valence-corrected chi connectivity index (χ4v) is 2.64. The highest BCUT2D eigenvalue weighted by atomic mass is 16.7. The van der Waals surface area contributed by atoms with Gasteiger partial charge in [0, 0.05) is 32.5 Å². The van der Waals surface area contributed by atoms with Crippen molar-refractivity contribution in [1.29, 1.82) is 5.41 Å². The van der Waals surface area contributed by atoms with Crippen LogP contribution in [0, 0.1) is 5.41 Å². The van der Waals surface area contributed by atoms with E-state index in [0.29, 0.717) is 24.6 Å². The second kappa shape index (κ2) is 12.0. The summed E-state index contributed by atoms with van der Waals surface area (Å²) >= 11 is 0. The van der Waals surface area contributed by atoms with Crippen LogP contribution in [0.3, 0.4) is 0 Å². The van der Waals surface area contributed by atoms with Crippen LogP contribution in [0.4, 0.5) is 9.59 Å². The van der Waals surface area contributed by atoms with Crippen molar-refractivity contribution < 1.29 is 28.8 Å². The van der Waals surface area contributed by atoms with Crippen molar-refractivity contribution in [2.45, 2.75) is 38.8 Å². The molecule has 168 valence electrons. The van der Waals surface area contributed by atoms with Gasteiger partial charge in [-0.3, -0.25) is 15.0 Å². The highest BCUT2D eigenvalue weighted by Crippen LogP contribution is 2.12. The molecule has 1 aliphatic rings. The molecule has 0 atom stereocenters. The number of carbonyl (C=O) groups is 4. The number of hydrogen-bond donors (Lipinski definition) is 5. The standard InChI is InChI=1S/C19H26N6O6/c20-17(21)22-8-1-2-9-23-18(28)30-12-14-5-3-4-13(10-14)11-24-19(29)31-25-15(26)6-7-16(25)27/h3-5,10H,1-2,6-9,11-12H2,(H,23,28)(H,24,29)(H4,20,21,22). The number of unbranched alkanes of at least 4 members (excludes halogenated alkanes) is 1. The Morgan fingerprint density at radius 2 is 1.65 bits per heavy atom. The van der Waals surface area contributed by atoms with Gasteiger partial charge in [0.2, 0.25) is 0 Å². The first-order valence-corrected chi connectivity index (χ1v) is 9.73. The van der Waals surface area contributed by atoms with Crippen LogP contribution < -0.4 is 21.7 Å². The van der Waals surface area contributed by atoms with E-state index in [1.54, 1.807) is 24.3 Å². The molecule has 0 unspecified atom stereocenters. The summed E-state index contributed by atoms with van der Waals surface area (Å²) in [5, 5.41) is 15.3. The molecule has 31 heavy (non-hydrogen) atoms. The van der Waals surface area contributed by atoms with Crippen LogP contribution in [0.15, 0.2) is 24.3 Å². The van der Waals surface area contributed by atoms with E-state index < -0.39 is 24.0 Å². The average Bonchev–Trinajstić information content (AvgIpc) is 3.05. The first-order valence-electron chi connectivity index (χ1n) is 9.73. The Morgan fingerprint density at radius 1 is 1.00 bits per heavy atom. The molecule has 4 amide bonds. The molecule has 0 aromatic heterocycles. The van der Waals surface area contributed by atoms with Crippen molar-refractivity contribution >= 4 is 30.0 Å². The molecule has 0 spiro atoms. The van der Waals surface area contributed by atoms with E-state index in [1.807, 2.05) is 0 Å². The molecule has 1 saturated heterocycles. The number of guanidine groups is 1. The van der Waals surface area contributed by atoms with Gasteiger partial charge in [-0.1, -0.05) is 24.3 Å². The van der Waals surface area contributed by atoms with Gasteiger partial charge < -0.3 is 31.3 Å². The Labute approximate surface area is 178 Å². The third kappa shape index (κ3) is 8.60. The molecular weight excluding hydrogens is 408 g/mol. The molecule has 0 radical (unpaired) electrons. The van der Waals surface area contributed by atoms with Gasteiger partial charge in [-0.15, -0.1) is 5.06 Å². The summed E-state index contributed by atoms with van der Waals surface area (Å²) < 4.78 is 5.15. The maximum absolute atomic E-state index is 11.8. The van der Waals surface area contributed by atoms with Crippen molar-refractivity contribution in [3.8, 4) is 0 Å². The van der Waals surface area contributed by atoms with Crippen LogP contribution in [-0.2, 0) is 32.3 Å². The SMILES string of the molecule is N=C(N)NCCCCNC(=O)OCc1cccc(CNC(=O)ON2C(=O)CCC2=O)c1. The molecule has 6 N–H and O–H groups in total. The lowest BCUT2D eigenvalue weighted by atomic mass is 10.1. The van der Waals surface area contributed by atoms with E-state index in [-0.39, 0.29) is 32.0 Å². The molecule has 0 bridgehead atoms. The normalized spacial score (nSPS) is 13.0. The Kier molecular flexibility index (Phi) is 9.08. The number of nitrogens with zero attached hydrogens (tertiary/aromatic N) is 1. The Morgan fingerprint density at radius 3 is 2.32 bits per heavy atom. The number of ether oxygens (including phenoxy) is 1. The number of carbonyl (C=O) groups excluding carboxylic acids is 4. The van der Waals surface area contributed by atoms with E-state index in [9.17, 15) is 19.2 Å². The molecule has 2 rings (SSSR count). The molecule has 12 nitrogen and oxygen atoms in total. The fourth-order valence-electron chi connectivity index (χ4n) is 2.64. The summed E-state index contributed by atoms with van der Waals surface area (Å²) in [7, 11) is 0. The van der Waals surface area contributed by atoms with Crippen molar-refractivity contribution in [2.75, 3.05) is 13.1 Å². The van der Waals surface area contributed by atoms with Crippen molar-refractivity contribution in [2.24, 2.45) is 5.73 Å². The van der Waals surface area contributed by atoms with Gasteiger partial charge in [0.05, 0.1) is 0 Å². The predicted molar refractivity (Wildman–Crippen MR) is 108 cm³/mol. The molecular formula is C19H26N6O6. The van der Waals surface area contributed by atoms with E-state index in [2.05, 4.69) is 16.0 Å². The quantitative estimate of drug-likeness (QED) is 0.153. The van der Waals surface area contributed by atoms with Gasteiger partial charge in [-0.05, 0) is 24.0 Å². The van der Waals surface area contributed by atoms with Crippen LogP contribution in [0.1, 0.15) is 36.8 Å². The Bertz CT molecular complexity index is 814. The minimum atomic E-state index is -0.914.